The number of ketones is 1. The largest absolute Gasteiger partial charge is 0.468 e. The normalized spacial score (nSPS) is 21.8. The van der Waals surface area contributed by atoms with Gasteiger partial charge in [0.15, 0.2) is 5.78 Å². The van der Waals surface area contributed by atoms with Gasteiger partial charge in [0.05, 0.1) is 24.2 Å². The molecule has 3 rings (SSSR count). The van der Waals surface area contributed by atoms with Crippen molar-refractivity contribution in [2.75, 3.05) is 26.9 Å². The average Bonchev–Trinajstić information content (AvgIpc) is 2.82. The zero-order chi connectivity index (χ0) is 25.7. The number of benzene rings is 1. The number of dihydropyridines is 1. The fraction of sp³-hybridized carbons (Fsp3) is 0.480. The first kappa shape index (κ1) is 26.1. The molecule has 1 aliphatic carbocycles. The Morgan fingerprint density at radius 1 is 1.23 bits per heavy atom. The number of rotatable bonds is 9. The Morgan fingerprint density at radius 3 is 2.63 bits per heavy atom. The number of nitro groups is 1. The van der Waals surface area contributed by atoms with Gasteiger partial charge in [-0.2, -0.15) is 0 Å². The monoisotopic (exact) mass is 486 g/mol. The van der Waals surface area contributed by atoms with Crippen LogP contribution in [0.25, 0.3) is 0 Å². The summed E-state index contributed by atoms with van der Waals surface area (Å²) in [6.45, 7) is 6.21. The summed E-state index contributed by atoms with van der Waals surface area (Å²) < 4.78 is 15.7. The van der Waals surface area contributed by atoms with E-state index in [2.05, 4.69) is 5.32 Å². The Kier molecular flexibility index (Phi) is 8.39. The molecule has 1 aliphatic heterocycles. The van der Waals surface area contributed by atoms with Crippen molar-refractivity contribution in [1.82, 2.24) is 5.32 Å². The van der Waals surface area contributed by atoms with Gasteiger partial charge in [-0.1, -0.05) is 26.0 Å². The second-order valence-corrected chi connectivity index (χ2v) is 8.64. The Bertz CT molecular complexity index is 1090. The Hall–Kier alpha value is -3.53. The first-order chi connectivity index (χ1) is 16.7. The molecule has 0 amide bonds. The highest BCUT2D eigenvalue weighted by molar-refractivity contribution is 6.12. The summed E-state index contributed by atoms with van der Waals surface area (Å²) in [4.78, 5) is 50.3. The van der Waals surface area contributed by atoms with Crippen LogP contribution in [0.3, 0.4) is 0 Å². The summed E-state index contributed by atoms with van der Waals surface area (Å²) >= 11 is 0. The lowest BCUT2D eigenvalue weighted by Crippen LogP contribution is -2.43. The molecular weight excluding hydrogens is 456 g/mol. The van der Waals surface area contributed by atoms with E-state index in [-0.39, 0.29) is 36.0 Å². The van der Waals surface area contributed by atoms with Gasteiger partial charge >= 0.3 is 11.9 Å². The minimum Gasteiger partial charge on any atom is -0.468 e. The number of allylic oxidation sites excluding steroid dienone is 3. The number of methoxy groups -OCH3 is 1. The zero-order valence-corrected chi connectivity index (χ0v) is 20.3. The molecule has 10 nitrogen and oxygen atoms in total. The van der Waals surface area contributed by atoms with Crippen molar-refractivity contribution in [3.63, 3.8) is 0 Å². The average molecular weight is 487 g/mol. The second kappa shape index (κ2) is 11.3. The molecule has 0 radical (unpaired) electrons. The van der Waals surface area contributed by atoms with Crippen LogP contribution < -0.4 is 5.32 Å². The van der Waals surface area contributed by atoms with Crippen LogP contribution in [-0.2, 0) is 28.6 Å². The van der Waals surface area contributed by atoms with Crippen molar-refractivity contribution < 1.29 is 33.5 Å². The highest BCUT2D eigenvalue weighted by Crippen LogP contribution is 2.45. The van der Waals surface area contributed by atoms with Crippen LogP contribution in [0.2, 0.25) is 0 Å². The van der Waals surface area contributed by atoms with Crippen LogP contribution in [0.15, 0.2) is 46.8 Å². The predicted molar refractivity (Wildman–Crippen MR) is 125 cm³/mol. The number of carbonyl (C=O) groups excluding carboxylic acids is 3. The van der Waals surface area contributed by atoms with Crippen LogP contribution in [0.5, 0.6) is 0 Å². The van der Waals surface area contributed by atoms with Crippen molar-refractivity contribution in [3.05, 3.63) is 62.5 Å². The lowest BCUT2D eigenvalue weighted by molar-refractivity contribution is -0.384. The van der Waals surface area contributed by atoms with Gasteiger partial charge in [-0.15, -0.1) is 0 Å². The van der Waals surface area contributed by atoms with E-state index < -0.39 is 34.5 Å². The highest BCUT2D eigenvalue weighted by atomic mass is 16.6. The molecule has 1 heterocycles. The molecule has 35 heavy (non-hydrogen) atoms. The number of non-ortho nitro benzene ring substituents is 1. The maximum absolute atomic E-state index is 13.7. The maximum Gasteiger partial charge on any atom is 0.336 e. The standard InChI is InChI=1S/C25H30N2O8/c1-5-9-34-10-11-35-25(30)20-15(3)26-18-12-14(2)19(24(29)33-4)23(28)22(18)21(20)16-7-6-8-17(13-16)27(31)32/h6-8,13-14,19,21,26H,5,9-12H2,1-4H3. The molecule has 0 saturated heterocycles. The fourth-order valence-corrected chi connectivity index (χ4v) is 4.62. The van der Waals surface area contributed by atoms with Crippen molar-refractivity contribution in [2.24, 2.45) is 11.8 Å². The number of esters is 2. The van der Waals surface area contributed by atoms with Crippen LogP contribution in [0, 0.1) is 22.0 Å². The van der Waals surface area contributed by atoms with Crippen LogP contribution in [0.4, 0.5) is 5.69 Å². The molecule has 1 aromatic carbocycles. The molecule has 1 N–H and O–H groups in total. The summed E-state index contributed by atoms with van der Waals surface area (Å²) in [6.07, 6.45) is 1.20. The minimum atomic E-state index is -1.04. The van der Waals surface area contributed by atoms with Gasteiger partial charge in [-0.25, -0.2) is 4.79 Å². The third-order valence-electron chi connectivity index (χ3n) is 6.19. The molecule has 3 unspecified atom stereocenters. The molecule has 0 fully saturated rings. The molecule has 0 aromatic heterocycles. The summed E-state index contributed by atoms with van der Waals surface area (Å²) in [5.41, 5.74) is 1.65. The smallest absolute Gasteiger partial charge is 0.336 e. The number of Topliss-reactive ketones (excluding diaryl/α,β-unsaturated/α-hetero) is 1. The van der Waals surface area contributed by atoms with E-state index in [1.54, 1.807) is 19.9 Å². The second-order valence-electron chi connectivity index (χ2n) is 8.64. The quantitative estimate of drug-likeness (QED) is 0.184. The number of hydrogen-bond donors (Lipinski definition) is 1. The molecule has 2 aliphatic rings. The number of nitrogens with zero attached hydrogens (tertiary/aromatic N) is 1. The Morgan fingerprint density at radius 2 is 1.97 bits per heavy atom. The minimum absolute atomic E-state index is 0.0128. The summed E-state index contributed by atoms with van der Waals surface area (Å²) in [6, 6.07) is 5.79. The SMILES string of the molecule is CCCOCCOC(=O)C1=C(C)NC2=C(C(=O)C(C(=O)OC)C(C)C2)C1c1cccc([N+](=O)[O-])c1. The first-order valence-corrected chi connectivity index (χ1v) is 11.5. The van der Waals surface area contributed by atoms with Gasteiger partial charge in [-0.3, -0.25) is 19.7 Å². The van der Waals surface area contributed by atoms with E-state index in [0.717, 1.165) is 6.42 Å². The van der Waals surface area contributed by atoms with Gasteiger partial charge in [0.25, 0.3) is 5.69 Å². The van der Waals surface area contributed by atoms with E-state index in [4.69, 9.17) is 14.2 Å². The number of ether oxygens (including phenoxy) is 3. The molecule has 3 atom stereocenters. The molecule has 0 bridgehead atoms. The van der Waals surface area contributed by atoms with Crippen molar-refractivity contribution in [3.8, 4) is 0 Å². The Labute approximate surface area is 203 Å². The third kappa shape index (κ3) is 5.43. The van der Waals surface area contributed by atoms with Crippen LogP contribution in [0.1, 0.15) is 45.1 Å². The van der Waals surface area contributed by atoms with E-state index in [9.17, 15) is 24.5 Å². The summed E-state index contributed by atoms with van der Waals surface area (Å²) in [5.74, 6) is -4.11. The molecule has 188 valence electrons. The predicted octanol–water partition coefficient (Wildman–Crippen LogP) is 3.18. The van der Waals surface area contributed by atoms with Crippen molar-refractivity contribution in [2.45, 2.75) is 39.5 Å². The van der Waals surface area contributed by atoms with Crippen molar-refractivity contribution in [1.29, 1.82) is 0 Å². The van der Waals surface area contributed by atoms with E-state index >= 15 is 0 Å². The van der Waals surface area contributed by atoms with E-state index in [1.165, 1.54) is 25.3 Å². The molecule has 10 heteroatoms. The summed E-state index contributed by atoms with van der Waals surface area (Å²) in [7, 11) is 1.22. The molecule has 0 saturated carbocycles. The van der Waals surface area contributed by atoms with Gasteiger partial charge < -0.3 is 19.5 Å². The molecular formula is C25H30N2O8. The van der Waals surface area contributed by atoms with Crippen LogP contribution >= 0.6 is 0 Å². The van der Waals surface area contributed by atoms with E-state index in [1.807, 2.05) is 6.92 Å². The molecule has 1 aromatic rings. The van der Waals surface area contributed by atoms with Crippen LogP contribution in [-0.4, -0.2) is 49.6 Å². The topological polar surface area (TPSA) is 134 Å². The zero-order valence-electron chi connectivity index (χ0n) is 20.3. The lowest BCUT2D eigenvalue weighted by Gasteiger charge is -2.38. The highest BCUT2D eigenvalue weighted by Gasteiger charge is 2.47. The number of nitro benzene ring substituents is 1. The van der Waals surface area contributed by atoms with Gasteiger partial charge in [0.1, 0.15) is 12.5 Å². The number of nitrogens with one attached hydrogen (secondary N) is 1. The lowest BCUT2D eigenvalue weighted by atomic mass is 9.69. The van der Waals surface area contributed by atoms with Gasteiger partial charge in [0.2, 0.25) is 0 Å². The van der Waals surface area contributed by atoms with Crippen molar-refractivity contribution >= 4 is 23.4 Å². The number of hydrogen-bond acceptors (Lipinski definition) is 9. The third-order valence-corrected chi connectivity index (χ3v) is 6.19. The Balaban J connectivity index is 2.07. The van der Waals surface area contributed by atoms with E-state index in [0.29, 0.717) is 30.0 Å². The first-order valence-electron chi connectivity index (χ1n) is 11.5. The van der Waals surface area contributed by atoms with Gasteiger partial charge in [-0.05, 0) is 31.2 Å². The molecule has 0 spiro atoms. The maximum atomic E-state index is 13.7. The fourth-order valence-electron chi connectivity index (χ4n) is 4.62. The summed E-state index contributed by atoms with van der Waals surface area (Å²) in [5, 5.41) is 14.6. The van der Waals surface area contributed by atoms with Gasteiger partial charge in [0, 0.05) is 41.6 Å². The number of carbonyl (C=O) groups is 3.